The topological polar surface area (TPSA) is 43.4 Å². The SMILES string of the molecule is Fc1ccc2c(c1)Cc1cccc(c1)CN(Cc1ccc(OCCN3CCOCC3)cc1)CCOCCO2. The minimum Gasteiger partial charge on any atom is -0.492 e. The van der Waals surface area contributed by atoms with Crippen LogP contribution in [0.3, 0.4) is 0 Å². The van der Waals surface area contributed by atoms with Gasteiger partial charge in [-0.1, -0.05) is 36.4 Å². The summed E-state index contributed by atoms with van der Waals surface area (Å²) in [5, 5.41) is 0. The van der Waals surface area contributed by atoms with Crippen molar-refractivity contribution in [2.45, 2.75) is 19.5 Å². The van der Waals surface area contributed by atoms with Gasteiger partial charge in [0.25, 0.3) is 0 Å². The summed E-state index contributed by atoms with van der Waals surface area (Å²) in [6, 6.07) is 21.7. The minimum absolute atomic E-state index is 0.249. The van der Waals surface area contributed by atoms with Crippen molar-refractivity contribution < 1.29 is 23.3 Å². The molecule has 38 heavy (non-hydrogen) atoms. The summed E-state index contributed by atoms with van der Waals surface area (Å²) in [6.07, 6.45) is 0.620. The second-order valence-electron chi connectivity index (χ2n) is 9.87. The van der Waals surface area contributed by atoms with Gasteiger partial charge < -0.3 is 18.9 Å². The third-order valence-electron chi connectivity index (χ3n) is 6.96. The zero-order valence-corrected chi connectivity index (χ0v) is 21.9. The average Bonchev–Trinajstić information content (AvgIpc) is 2.93. The summed E-state index contributed by atoms with van der Waals surface area (Å²) in [5.74, 6) is 1.36. The van der Waals surface area contributed by atoms with Gasteiger partial charge in [-0.05, 0) is 47.0 Å². The Morgan fingerprint density at radius 2 is 1.53 bits per heavy atom. The van der Waals surface area contributed by atoms with E-state index in [2.05, 4.69) is 58.3 Å². The number of halogens is 1. The van der Waals surface area contributed by atoms with Gasteiger partial charge in [0.2, 0.25) is 0 Å². The van der Waals surface area contributed by atoms with Crippen LogP contribution in [0, 0.1) is 5.82 Å². The Hall–Kier alpha value is -2.97. The molecule has 202 valence electrons. The van der Waals surface area contributed by atoms with E-state index in [1.165, 1.54) is 17.2 Å². The van der Waals surface area contributed by atoms with Crippen molar-refractivity contribution in [3.05, 3.63) is 94.8 Å². The smallest absolute Gasteiger partial charge is 0.123 e. The quantitative estimate of drug-likeness (QED) is 0.476. The van der Waals surface area contributed by atoms with Gasteiger partial charge in [-0.25, -0.2) is 4.39 Å². The van der Waals surface area contributed by atoms with Gasteiger partial charge >= 0.3 is 0 Å². The van der Waals surface area contributed by atoms with E-state index in [-0.39, 0.29) is 5.82 Å². The van der Waals surface area contributed by atoms with Crippen molar-refractivity contribution in [1.29, 1.82) is 0 Å². The number of morpholine rings is 1. The molecule has 2 heterocycles. The molecule has 3 aromatic rings. The van der Waals surface area contributed by atoms with Gasteiger partial charge in [-0.2, -0.15) is 0 Å². The van der Waals surface area contributed by atoms with Crippen LogP contribution in [-0.2, 0) is 29.0 Å². The average molecular weight is 521 g/mol. The fourth-order valence-electron chi connectivity index (χ4n) is 4.93. The third kappa shape index (κ3) is 8.01. The number of nitrogens with zero attached hydrogens (tertiary/aromatic N) is 2. The predicted molar refractivity (Wildman–Crippen MR) is 145 cm³/mol. The largest absolute Gasteiger partial charge is 0.492 e. The highest BCUT2D eigenvalue weighted by Crippen LogP contribution is 2.24. The lowest BCUT2D eigenvalue weighted by molar-refractivity contribution is 0.0322. The van der Waals surface area contributed by atoms with Gasteiger partial charge in [-0.15, -0.1) is 0 Å². The monoisotopic (exact) mass is 520 g/mol. The second-order valence-corrected chi connectivity index (χ2v) is 9.87. The Kier molecular flexibility index (Phi) is 9.61. The van der Waals surface area contributed by atoms with E-state index in [4.69, 9.17) is 18.9 Å². The Morgan fingerprint density at radius 3 is 2.37 bits per heavy atom. The summed E-state index contributed by atoms with van der Waals surface area (Å²) >= 11 is 0. The van der Waals surface area contributed by atoms with Crippen molar-refractivity contribution in [2.24, 2.45) is 0 Å². The molecule has 5 rings (SSSR count). The van der Waals surface area contributed by atoms with Crippen LogP contribution in [0.4, 0.5) is 4.39 Å². The molecule has 2 aliphatic rings. The molecule has 0 N–H and O–H groups in total. The van der Waals surface area contributed by atoms with Crippen LogP contribution >= 0.6 is 0 Å². The zero-order valence-electron chi connectivity index (χ0n) is 21.9. The summed E-state index contributed by atoms with van der Waals surface area (Å²) in [7, 11) is 0. The maximum Gasteiger partial charge on any atom is 0.123 e. The van der Waals surface area contributed by atoms with Gasteiger partial charge in [0.1, 0.15) is 30.5 Å². The van der Waals surface area contributed by atoms with E-state index in [1.807, 2.05) is 0 Å². The van der Waals surface area contributed by atoms with Crippen LogP contribution in [0.2, 0.25) is 0 Å². The molecule has 6 nitrogen and oxygen atoms in total. The van der Waals surface area contributed by atoms with Gasteiger partial charge in [0, 0.05) is 51.3 Å². The van der Waals surface area contributed by atoms with Crippen molar-refractivity contribution in [3.8, 4) is 11.5 Å². The normalized spacial score (nSPS) is 17.7. The Labute approximate surface area is 224 Å². The standard InChI is InChI=1S/C31H37FN2O4/c32-29-6-9-31-28(22-29)21-26-2-1-3-27(20-26)24-34(12-16-36-18-19-38-31)23-25-4-7-30(8-5-25)37-17-13-33-10-14-35-15-11-33/h1-9,20,22H,10-19,21,23-24H2. The van der Waals surface area contributed by atoms with Crippen molar-refractivity contribution >= 4 is 0 Å². The number of hydrogen-bond donors (Lipinski definition) is 0. The van der Waals surface area contributed by atoms with Crippen LogP contribution in [0.15, 0.2) is 66.7 Å². The molecule has 2 aliphatic heterocycles. The summed E-state index contributed by atoms with van der Waals surface area (Å²) in [5.41, 5.74) is 4.45. The molecule has 7 heteroatoms. The molecular weight excluding hydrogens is 483 g/mol. The Bertz CT molecular complexity index is 1150. The molecule has 1 saturated heterocycles. The van der Waals surface area contributed by atoms with E-state index >= 15 is 0 Å². The van der Waals surface area contributed by atoms with Gasteiger partial charge in [0.05, 0.1) is 26.4 Å². The highest BCUT2D eigenvalue weighted by molar-refractivity contribution is 5.39. The first-order chi connectivity index (χ1) is 18.7. The molecule has 3 aromatic carbocycles. The number of ether oxygens (including phenoxy) is 4. The van der Waals surface area contributed by atoms with Crippen molar-refractivity contribution in [3.63, 3.8) is 0 Å². The van der Waals surface area contributed by atoms with Crippen LogP contribution in [0.1, 0.15) is 22.3 Å². The summed E-state index contributed by atoms with van der Waals surface area (Å²) in [4.78, 5) is 4.77. The van der Waals surface area contributed by atoms with Crippen LogP contribution in [-0.4, -0.2) is 75.6 Å². The van der Waals surface area contributed by atoms with E-state index in [9.17, 15) is 4.39 Å². The summed E-state index contributed by atoms with van der Waals surface area (Å²) in [6.45, 7) is 9.14. The maximum absolute atomic E-state index is 14.0. The first-order valence-corrected chi connectivity index (χ1v) is 13.5. The molecule has 1 fully saturated rings. The Morgan fingerprint density at radius 1 is 0.763 bits per heavy atom. The fraction of sp³-hybridized carbons (Fsp3) is 0.419. The third-order valence-corrected chi connectivity index (χ3v) is 6.96. The Balaban J connectivity index is 1.21. The van der Waals surface area contributed by atoms with Crippen LogP contribution in [0.25, 0.3) is 0 Å². The van der Waals surface area contributed by atoms with Gasteiger partial charge in [0.15, 0.2) is 0 Å². The van der Waals surface area contributed by atoms with E-state index in [0.717, 1.165) is 69.4 Å². The molecular formula is C31H37FN2O4. The molecule has 0 radical (unpaired) electrons. The molecule has 0 atom stereocenters. The molecule has 0 spiro atoms. The fourth-order valence-corrected chi connectivity index (χ4v) is 4.93. The van der Waals surface area contributed by atoms with E-state index < -0.39 is 0 Å². The predicted octanol–water partition coefficient (Wildman–Crippen LogP) is 4.54. The van der Waals surface area contributed by atoms with Gasteiger partial charge in [-0.3, -0.25) is 9.80 Å². The lowest BCUT2D eigenvalue weighted by Gasteiger charge is -2.26. The molecule has 0 aromatic heterocycles. The highest BCUT2D eigenvalue weighted by Gasteiger charge is 2.13. The van der Waals surface area contributed by atoms with Crippen LogP contribution in [0.5, 0.6) is 11.5 Å². The number of fused-ring (bicyclic) bond motifs is 3. The molecule has 2 bridgehead atoms. The molecule has 0 unspecified atom stereocenters. The van der Waals surface area contributed by atoms with E-state index in [0.29, 0.717) is 38.6 Å². The molecule has 0 aliphatic carbocycles. The number of benzene rings is 3. The highest BCUT2D eigenvalue weighted by atomic mass is 19.1. The second kappa shape index (κ2) is 13.7. The zero-order chi connectivity index (χ0) is 26.0. The first-order valence-electron chi connectivity index (χ1n) is 13.5. The molecule has 0 amide bonds. The van der Waals surface area contributed by atoms with Crippen LogP contribution < -0.4 is 9.47 Å². The maximum atomic E-state index is 14.0. The van der Waals surface area contributed by atoms with E-state index in [1.54, 1.807) is 12.1 Å². The minimum atomic E-state index is -0.249. The number of hydrogen-bond acceptors (Lipinski definition) is 6. The summed E-state index contributed by atoms with van der Waals surface area (Å²) < 4.78 is 37.2. The molecule has 0 saturated carbocycles. The van der Waals surface area contributed by atoms with Crippen molar-refractivity contribution in [1.82, 2.24) is 9.80 Å². The van der Waals surface area contributed by atoms with Crippen molar-refractivity contribution in [2.75, 3.05) is 65.8 Å². The first kappa shape index (κ1) is 26.6. The lowest BCUT2D eigenvalue weighted by Crippen LogP contribution is -2.38. The lowest BCUT2D eigenvalue weighted by atomic mass is 10.0. The number of rotatable bonds is 6.